The van der Waals surface area contributed by atoms with Gasteiger partial charge in [0.15, 0.2) is 5.69 Å². The van der Waals surface area contributed by atoms with E-state index in [4.69, 9.17) is 5.73 Å². The van der Waals surface area contributed by atoms with E-state index < -0.39 is 0 Å². The summed E-state index contributed by atoms with van der Waals surface area (Å²) in [6.45, 7) is 6.10. The summed E-state index contributed by atoms with van der Waals surface area (Å²) in [6, 6.07) is 0.137. The zero-order valence-electron chi connectivity index (χ0n) is 11.2. The molecule has 5 nitrogen and oxygen atoms in total. The van der Waals surface area contributed by atoms with Gasteiger partial charge in [-0.3, -0.25) is 9.89 Å². The number of amides is 1. The van der Waals surface area contributed by atoms with Crippen LogP contribution in [0.2, 0.25) is 0 Å². The second kappa shape index (κ2) is 7.31. The normalized spacial score (nSPS) is 12.4. The largest absolute Gasteiger partial charge is 0.395 e. The average Bonchev–Trinajstić information content (AvgIpc) is 2.70. The maximum absolute atomic E-state index is 12.0. The van der Waals surface area contributed by atoms with Gasteiger partial charge in [0.05, 0.1) is 11.4 Å². The Morgan fingerprint density at radius 3 is 2.83 bits per heavy atom. The Morgan fingerprint density at radius 2 is 2.28 bits per heavy atom. The Kier molecular flexibility index (Phi) is 6.04. The summed E-state index contributed by atoms with van der Waals surface area (Å²) in [5.41, 5.74) is 7.44. The van der Waals surface area contributed by atoms with Gasteiger partial charge in [-0.1, -0.05) is 13.8 Å². The summed E-state index contributed by atoms with van der Waals surface area (Å²) >= 11 is 1.87. The molecule has 0 spiro atoms. The van der Waals surface area contributed by atoms with Crippen molar-refractivity contribution in [1.29, 1.82) is 0 Å². The molecule has 0 aromatic carbocycles. The lowest BCUT2D eigenvalue weighted by molar-refractivity contribution is 0.0935. The van der Waals surface area contributed by atoms with Gasteiger partial charge in [0.2, 0.25) is 0 Å². The topological polar surface area (TPSA) is 83.8 Å². The van der Waals surface area contributed by atoms with E-state index in [-0.39, 0.29) is 11.9 Å². The molecule has 0 aliphatic carbocycles. The van der Waals surface area contributed by atoms with Gasteiger partial charge < -0.3 is 11.1 Å². The molecule has 102 valence electrons. The Balaban J connectivity index is 2.51. The smallest absolute Gasteiger partial charge is 0.274 e. The number of hydrogen-bond donors (Lipinski definition) is 3. The number of nitrogens with zero attached hydrogens (tertiary/aromatic N) is 1. The molecule has 1 aromatic rings. The van der Waals surface area contributed by atoms with E-state index in [2.05, 4.69) is 22.4 Å². The van der Waals surface area contributed by atoms with Crippen molar-refractivity contribution in [3.8, 4) is 0 Å². The zero-order chi connectivity index (χ0) is 13.5. The highest BCUT2D eigenvalue weighted by atomic mass is 32.2. The summed E-state index contributed by atoms with van der Waals surface area (Å²) in [5, 5.41) is 9.68. The van der Waals surface area contributed by atoms with Crippen molar-refractivity contribution in [1.82, 2.24) is 15.5 Å². The summed E-state index contributed by atoms with van der Waals surface area (Å²) < 4.78 is 0. The van der Waals surface area contributed by atoms with Crippen molar-refractivity contribution in [2.45, 2.75) is 39.7 Å². The third kappa shape index (κ3) is 3.94. The maximum Gasteiger partial charge on any atom is 0.274 e. The van der Waals surface area contributed by atoms with Crippen molar-refractivity contribution in [2.75, 3.05) is 17.2 Å². The van der Waals surface area contributed by atoms with Gasteiger partial charge in [-0.15, -0.1) is 0 Å². The van der Waals surface area contributed by atoms with E-state index in [0.717, 1.165) is 30.0 Å². The molecule has 0 aliphatic rings. The number of aromatic amines is 1. The number of H-pyrrole nitrogens is 1. The summed E-state index contributed by atoms with van der Waals surface area (Å²) in [6.07, 6.45) is 1.70. The SMILES string of the molecule is CCSCCC(C)NC(=O)c1n[nH]c(CC)c1N. The second-order valence-corrected chi connectivity index (χ2v) is 5.57. The van der Waals surface area contributed by atoms with Crippen molar-refractivity contribution in [2.24, 2.45) is 0 Å². The number of anilines is 1. The molecule has 18 heavy (non-hydrogen) atoms. The van der Waals surface area contributed by atoms with Crippen LogP contribution in [0, 0.1) is 0 Å². The second-order valence-electron chi connectivity index (χ2n) is 4.18. The molecule has 1 amide bonds. The van der Waals surface area contributed by atoms with Gasteiger partial charge in [-0.25, -0.2) is 0 Å². The molecule has 1 aromatic heterocycles. The van der Waals surface area contributed by atoms with Crippen LogP contribution >= 0.6 is 11.8 Å². The number of carbonyl (C=O) groups excluding carboxylic acids is 1. The Labute approximate surface area is 112 Å². The fourth-order valence-corrected chi connectivity index (χ4v) is 2.41. The lowest BCUT2D eigenvalue weighted by Crippen LogP contribution is -2.33. The van der Waals surface area contributed by atoms with Crippen LogP contribution in [-0.2, 0) is 6.42 Å². The van der Waals surface area contributed by atoms with E-state index in [1.807, 2.05) is 25.6 Å². The minimum atomic E-state index is -0.197. The molecule has 0 bridgehead atoms. The van der Waals surface area contributed by atoms with Gasteiger partial charge in [-0.05, 0) is 31.3 Å². The first-order chi connectivity index (χ1) is 8.60. The van der Waals surface area contributed by atoms with E-state index in [0.29, 0.717) is 11.4 Å². The molecule has 0 saturated carbocycles. The summed E-state index contributed by atoms with van der Waals surface area (Å²) in [4.78, 5) is 12.0. The van der Waals surface area contributed by atoms with E-state index in [1.54, 1.807) is 0 Å². The van der Waals surface area contributed by atoms with Crippen LogP contribution in [0.25, 0.3) is 0 Å². The third-order valence-corrected chi connectivity index (χ3v) is 3.66. The number of nitrogen functional groups attached to an aromatic ring is 1. The van der Waals surface area contributed by atoms with Crippen LogP contribution in [-0.4, -0.2) is 33.7 Å². The quantitative estimate of drug-likeness (QED) is 0.660. The van der Waals surface area contributed by atoms with E-state index >= 15 is 0 Å². The third-order valence-electron chi connectivity index (χ3n) is 2.73. The molecule has 0 radical (unpaired) electrons. The highest BCUT2D eigenvalue weighted by molar-refractivity contribution is 7.99. The molecule has 1 rings (SSSR count). The molecule has 1 unspecified atom stereocenters. The number of aryl methyl sites for hydroxylation is 1. The predicted molar refractivity (Wildman–Crippen MR) is 76.9 cm³/mol. The number of nitrogens with two attached hydrogens (primary N) is 1. The minimum absolute atomic E-state index is 0.137. The van der Waals surface area contributed by atoms with Crippen LogP contribution in [0.15, 0.2) is 0 Å². The predicted octanol–water partition coefficient (Wildman–Crippen LogP) is 1.82. The lowest BCUT2D eigenvalue weighted by Gasteiger charge is -2.12. The van der Waals surface area contributed by atoms with Gasteiger partial charge in [0, 0.05) is 6.04 Å². The van der Waals surface area contributed by atoms with Gasteiger partial charge in [0.25, 0.3) is 5.91 Å². The van der Waals surface area contributed by atoms with Gasteiger partial charge >= 0.3 is 0 Å². The van der Waals surface area contributed by atoms with Crippen molar-refractivity contribution >= 4 is 23.4 Å². The average molecular weight is 270 g/mol. The molecular formula is C12H22N4OS. The summed E-state index contributed by atoms with van der Waals surface area (Å²) in [7, 11) is 0. The molecular weight excluding hydrogens is 248 g/mol. The standard InChI is InChI=1S/C12H22N4OS/c1-4-9-10(13)11(16-15-9)12(17)14-8(3)6-7-18-5-2/h8H,4-7,13H2,1-3H3,(H,14,17)(H,15,16). The number of thioether (sulfide) groups is 1. The molecule has 4 N–H and O–H groups in total. The zero-order valence-corrected chi connectivity index (χ0v) is 12.1. The van der Waals surface area contributed by atoms with Crippen molar-refractivity contribution < 1.29 is 4.79 Å². The highest BCUT2D eigenvalue weighted by Crippen LogP contribution is 2.14. The minimum Gasteiger partial charge on any atom is -0.395 e. The van der Waals surface area contributed by atoms with Crippen LogP contribution in [0.3, 0.4) is 0 Å². The first kappa shape index (κ1) is 14.9. The number of aromatic nitrogens is 2. The number of nitrogens with one attached hydrogen (secondary N) is 2. The van der Waals surface area contributed by atoms with Crippen LogP contribution in [0.5, 0.6) is 0 Å². The van der Waals surface area contributed by atoms with Crippen LogP contribution in [0.1, 0.15) is 43.4 Å². The molecule has 0 fully saturated rings. The van der Waals surface area contributed by atoms with Crippen molar-refractivity contribution in [3.05, 3.63) is 11.4 Å². The van der Waals surface area contributed by atoms with Gasteiger partial charge in [0.1, 0.15) is 0 Å². The molecule has 1 heterocycles. The molecule has 6 heteroatoms. The van der Waals surface area contributed by atoms with Crippen LogP contribution in [0.4, 0.5) is 5.69 Å². The highest BCUT2D eigenvalue weighted by Gasteiger charge is 2.17. The Hall–Kier alpha value is -1.17. The Morgan fingerprint density at radius 1 is 1.56 bits per heavy atom. The first-order valence-electron chi connectivity index (χ1n) is 6.31. The van der Waals surface area contributed by atoms with Crippen molar-refractivity contribution in [3.63, 3.8) is 0 Å². The lowest BCUT2D eigenvalue weighted by atomic mass is 10.2. The number of rotatable bonds is 7. The van der Waals surface area contributed by atoms with Gasteiger partial charge in [-0.2, -0.15) is 16.9 Å². The number of hydrogen-bond acceptors (Lipinski definition) is 4. The fraction of sp³-hybridized carbons (Fsp3) is 0.667. The first-order valence-corrected chi connectivity index (χ1v) is 7.46. The molecule has 0 saturated heterocycles. The molecule has 1 atom stereocenters. The molecule has 0 aliphatic heterocycles. The number of carbonyl (C=O) groups is 1. The summed E-state index contributed by atoms with van der Waals surface area (Å²) in [5.74, 6) is 1.96. The van der Waals surface area contributed by atoms with Crippen LogP contribution < -0.4 is 11.1 Å². The monoisotopic (exact) mass is 270 g/mol. The van der Waals surface area contributed by atoms with E-state index in [1.165, 1.54) is 0 Å². The maximum atomic E-state index is 12.0. The Bertz CT molecular complexity index is 391. The van der Waals surface area contributed by atoms with E-state index in [9.17, 15) is 4.79 Å². The fourth-order valence-electron chi connectivity index (χ4n) is 1.60.